The molecule has 2 nitrogen and oxygen atoms in total. The van der Waals surface area contributed by atoms with Crippen molar-refractivity contribution in [3.63, 3.8) is 0 Å². The van der Waals surface area contributed by atoms with Gasteiger partial charge in [-0.05, 0) is 18.6 Å². The minimum atomic E-state index is 0.884. The predicted octanol–water partition coefficient (Wildman–Crippen LogP) is 3.22. The molecule has 0 radical (unpaired) electrons. The van der Waals surface area contributed by atoms with Crippen LogP contribution in [0.5, 0.6) is 0 Å². The summed E-state index contributed by atoms with van der Waals surface area (Å²) in [5, 5.41) is 0. The maximum absolute atomic E-state index is 4.10. The van der Waals surface area contributed by atoms with Crippen molar-refractivity contribution < 1.29 is 0 Å². The first kappa shape index (κ1) is 11.1. The average molecular weight is 198 g/mol. The van der Waals surface area contributed by atoms with Crippen LogP contribution in [0.15, 0.2) is 64.7 Å². The second-order valence-corrected chi connectivity index (χ2v) is 2.98. The van der Waals surface area contributed by atoms with Crippen molar-refractivity contribution in [3.8, 4) is 0 Å². The number of hydrogen-bond donors (Lipinski definition) is 0. The molecule has 0 aliphatic heterocycles. The highest BCUT2D eigenvalue weighted by Gasteiger charge is 1.81. The average Bonchev–Trinajstić information content (AvgIpc) is 2.26. The van der Waals surface area contributed by atoms with Crippen LogP contribution < -0.4 is 0 Å². The third-order valence-corrected chi connectivity index (χ3v) is 1.71. The smallest absolute Gasteiger partial charge is 0.115 e. The fourth-order valence-electron chi connectivity index (χ4n) is 0.996. The third-order valence-electron chi connectivity index (χ3n) is 1.71. The Labute approximate surface area is 90.4 Å². The first-order valence-corrected chi connectivity index (χ1v) is 4.73. The van der Waals surface area contributed by atoms with Crippen molar-refractivity contribution in [1.82, 2.24) is 0 Å². The number of benzene rings is 1. The Morgan fingerprint density at radius 3 is 2.67 bits per heavy atom. The maximum Gasteiger partial charge on any atom is 0.115 e. The Balaban J connectivity index is 2.54. The number of allylic oxidation sites excluding steroid dienone is 3. The molecule has 1 aromatic rings. The van der Waals surface area contributed by atoms with E-state index in [9.17, 15) is 0 Å². The van der Waals surface area contributed by atoms with Gasteiger partial charge in [-0.15, -0.1) is 0 Å². The Morgan fingerprint density at radius 2 is 2.00 bits per heavy atom. The lowest BCUT2D eigenvalue weighted by molar-refractivity contribution is 1.31. The summed E-state index contributed by atoms with van der Waals surface area (Å²) in [6, 6.07) is 9.90. The van der Waals surface area contributed by atoms with E-state index in [4.69, 9.17) is 0 Å². The van der Waals surface area contributed by atoms with Crippen LogP contribution in [-0.2, 0) is 0 Å². The van der Waals surface area contributed by atoms with Crippen molar-refractivity contribution in [2.24, 2.45) is 9.98 Å². The summed E-state index contributed by atoms with van der Waals surface area (Å²) in [5.41, 5.74) is 1.95. The summed E-state index contributed by atoms with van der Waals surface area (Å²) in [7, 11) is 0. The molecule has 0 fully saturated rings. The summed E-state index contributed by atoms with van der Waals surface area (Å²) in [6.07, 6.45) is 6.83. The first-order valence-electron chi connectivity index (χ1n) is 4.73. The van der Waals surface area contributed by atoms with E-state index in [1.54, 1.807) is 12.3 Å². The lowest BCUT2D eigenvalue weighted by atomic mass is 10.2. The van der Waals surface area contributed by atoms with Crippen LogP contribution in [0.1, 0.15) is 12.5 Å². The lowest BCUT2D eigenvalue weighted by Gasteiger charge is -1.88. The van der Waals surface area contributed by atoms with Crippen molar-refractivity contribution in [2.75, 3.05) is 0 Å². The highest BCUT2D eigenvalue weighted by Crippen LogP contribution is 1.94. The van der Waals surface area contributed by atoms with Crippen LogP contribution in [0, 0.1) is 0 Å². The molecule has 1 rings (SSSR count). The molecule has 0 amide bonds. The molecule has 0 heterocycles. The van der Waals surface area contributed by atoms with Crippen molar-refractivity contribution >= 4 is 12.6 Å². The molecular weight excluding hydrogens is 184 g/mol. The summed E-state index contributed by atoms with van der Waals surface area (Å²) >= 11 is 0. The maximum atomic E-state index is 4.10. The first-order chi connectivity index (χ1) is 7.33. The highest BCUT2D eigenvalue weighted by molar-refractivity contribution is 5.85. The molecule has 0 atom stereocenters. The second-order valence-electron chi connectivity index (χ2n) is 2.98. The quantitative estimate of drug-likeness (QED) is 0.403. The van der Waals surface area contributed by atoms with Gasteiger partial charge in [-0.1, -0.05) is 43.0 Å². The zero-order valence-corrected chi connectivity index (χ0v) is 8.80. The molecule has 76 valence electrons. The molecule has 0 aromatic heterocycles. The molecule has 0 aliphatic carbocycles. The second kappa shape index (κ2) is 6.49. The molecule has 0 saturated heterocycles. The van der Waals surface area contributed by atoms with Crippen LogP contribution in [0.2, 0.25) is 0 Å². The Kier molecular flexibility index (Phi) is 4.81. The van der Waals surface area contributed by atoms with Crippen molar-refractivity contribution in [3.05, 3.63) is 60.3 Å². The molecule has 15 heavy (non-hydrogen) atoms. The molecule has 0 aliphatic rings. The van der Waals surface area contributed by atoms with Gasteiger partial charge in [-0.25, -0.2) is 9.98 Å². The largest absolute Gasteiger partial charge is 0.244 e. The summed E-state index contributed by atoms with van der Waals surface area (Å²) in [4.78, 5) is 8.17. The number of hydrogen-bond acceptors (Lipinski definition) is 1. The van der Waals surface area contributed by atoms with E-state index in [1.165, 1.54) is 6.34 Å². The monoisotopic (exact) mass is 198 g/mol. The predicted molar refractivity (Wildman–Crippen MR) is 66.5 cm³/mol. The van der Waals surface area contributed by atoms with Gasteiger partial charge >= 0.3 is 0 Å². The molecule has 2 heteroatoms. The summed E-state index contributed by atoms with van der Waals surface area (Å²) < 4.78 is 0. The Morgan fingerprint density at radius 1 is 1.27 bits per heavy atom. The van der Waals surface area contributed by atoms with Gasteiger partial charge in [0.2, 0.25) is 0 Å². The lowest BCUT2D eigenvalue weighted by Crippen LogP contribution is -1.79. The van der Waals surface area contributed by atoms with Crippen LogP contribution in [0.3, 0.4) is 0 Å². The van der Waals surface area contributed by atoms with E-state index in [0.717, 1.165) is 11.3 Å². The fraction of sp³-hybridized carbons (Fsp3) is 0.0769. The third kappa shape index (κ3) is 4.72. The van der Waals surface area contributed by atoms with Gasteiger partial charge in [0.05, 0.1) is 0 Å². The summed E-state index contributed by atoms with van der Waals surface area (Å²) in [5.74, 6) is 0. The van der Waals surface area contributed by atoms with Crippen LogP contribution in [0.25, 0.3) is 0 Å². The van der Waals surface area contributed by atoms with Crippen molar-refractivity contribution in [1.29, 1.82) is 0 Å². The van der Waals surface area contributed by atoms with E-state index < -0.39 is 0 Å². The SMILES string of the molecule is C=C/C=C(/C)N=CN=Cc1ccccc1. The van der Waals surface area contributed by atoms with Gasteiger partial charge in [-0.2, -0.15) is 0 Å². The van der Waals surface area contributed by atoms with Gasteiger partial charge in [0.1, 0.15) is 6.34 Å². The zero-order valence-electron chi connectivity index (χ0n) is 8.80. The van der Waals surface area contributed by atoms with Gasteiger partial charge in [0, 0.05) is 11.9 Å². The Hall–Kier alpha value is -1.96. The molecule has 0 bridgehead atoms. The fourth-order valence-corrected chi connectivity index (χ4v) is 0.996. The topological polar surface area (TPSA) is 24.7 Å². The van der Waals surface area contributed by atoms with E-state index in [0.29, 0.717) is 0 Å². The highest BCUT2D eigenvalue weighted by atomic mass is 14.8. The molecule has 0 saturated carbocycles. The summed E-state index contributed by atoms with van der Waals surface area (Å²) in [6.45, 7) is 5.49. The van der Waals surface area contributed by atoms with E-state index in [2.05, 4.69) is 16.6 Å². The standard InChI is InChI=1S/C13H14N2/c1-3-7-12(2)15-11-14-10-13-8-5-4-6-9-13/h3-11H,1H2,2H3/b12-7-,14-10?,15-11?. The van der Waals surface area contributed by atoms with E-state index in [-0.39, 0.29) is 0 Å². The van der Waals surface area contributed by atoms with E-state index >= 15 is 0 Å². The van der Waals surface area contributed by atoms with Gasteiger partial charge in [-0.3, -0.25) is 0 Å². The zero-order chi connectivity index (χ0) is 10.9. The number of nitrogens with zero attached hydrogens (tertiary/aromatic N) is 2. The normalized spacial score (nSPS) is 12.5. The molecular formula is C13H14N2. The number of rotatable bonds is 4. The van der Waals surface area contributed by atoms with Crippen LogP contribution in [0.4, 0.5) is 0 Å². The minimum Gasteiger partial charge on any atom is -0.244 e. The molecule has 0 N–H and O–H groups in total. The van der Waals surface area contributed by atoms with E-state index in [1.807, 2.05) is 43.3 Å². The van der Waals surface area contributed by atoms with Gasteiger partial charge in [0.15, 0.2) is 0 Å². The molecule has 0 unspecified atom stereocenters. The van der Waals surface area contributed by atoms with Crippen molar-refractivity contribution in [2.45, 2.75) is 6.92 Å². The molecule has 0 spiro atoms. The molecule has 1 aromatic carbocycles. The van der Waals surface area contributed by atoms with Gasteiger partial charge < -0.3 is 0 Å². The minimum absolute atomic E-state index is 0.884. The van der Waals surface area contributed by atoms with Gasteiger partial charge in [0.25, 0.3) is 0 Å². The Bertz CT molecular complexity index is 386. The van der Waals surface area contributed by atoms with Crippen LogP contribution >= 0.6 is 0 Å². The number of aliphatic imine (C=N–C) groups is 2. The van der Waals surface area contributed by atoms with Crippen LogP contribution in [-0.4, -0.2) is 12.6 Å².